The van der Waals surface area contributed by atoms with Gasteiger partial charge in [0.1, 0.15) is 5.82 Å². The minimum Gasteiger partial charge on any atom is -0.315 e. The summed E-state index contributed by atoms with van der Waals surface area (Å²) >= 11 is 0. The zero-order valence-electron chi connectivity index (χ0n) is 10.4. The molecule has 0 saturated carbocycles. The minimum absolute atomic E-state index is 0.206. The van der Waals surface area contributed by atoms with Crippen LogP contribution in [0.5, 0.6) is 0 Å². The molecule has 0 amide bonds. The molecule has 18 heavy (non-hydrogen) atoms. The molecule has 0 bridgehead atoms. The van der Waals surface area contributed by atoms with Crippen LogP contribution in [0, 0.1) is 12.7 Å². The second kappa shape index (κ2) is 4.53. The standard InChI is InChI=1S/C14H16FN3/c1-10-14(11-3-2-4-12(15)7-11)9-17-18(10)13-5-6-16-8-13/h2-4,7,9,13,16H,5-6,8H2,1H3. The number of aromatic nitrogens is 2. The highest BCUT2D eigenvalue weighted by Gasteiger charge is 2.20. The van der Waals surface area contributed by atoms with Gasteiger partial charge >= 0.3 is 0 Å². The van der Waals surface area contributed by atoms with Crippen molar-refractivity contribution in [1.82, 2.24) is 15.1 Å². The molecule has 1 saturated heterocycles. The summed E-state index contributed by atoms with van der Waals surface area (Å²) in [6.07, 6.45) is 2.94. The van der Waals surface area contributed by atoms with Gasteiger partial charge in [-0.25, -0.2) is 4.39 Å². The van der Waals surface area contributed by atoms with Gasteiger partial charge in [0.2, 0.25) is 0 Å². The fourth-order valence-corrected chi connectivity index (χ4v) is 2.58. The Morgan fingerprint density at radius 1 is 1.44 bits per heavy atom. The van der Waals surface area contributed by atoms with Crippen molar-refractivity contribution in [3.63, 3.8) is 0 Å². The van der Waals surface area contributed by atoms with Crippen LogP contribution in [-0.2, 0) is 0 Å². The van der Waals surface area contributed by atoms with Gasteiger partial charge in [-0.05, 0) is 37.6 Å². The monoisotopic (exact) mass is 245 g/mol. The second-order valence-corrected chi connectivity index (χ2v) is 4.75. The fraction of sp³-hybridized carbons (Fsp3) is 0.357. The number of rotatable bonds is 2. The highest BCUT2D eigenvalue weighted by atomic mass is 19.1. The van der Waals surface area contributed by atoms with E-state index in [-0.39, 0.29) is 5.82 Å². The first-order valence-corrected chi connectivity index (χ1v) is 6.26. The zero-order chi connectivity index (χ0) is 12.5. The van der Waals surface area contributed by atoms with E-state index in [4.69, 9.17) is 0 Å². The summed E-state index contributed by atoms with van der Waals surface area (Å²) < 4.78 is 15.3. The summed E-state index contributed by atoms with van der Waals surface area (Å²) in [5.41, 5.74) is 3.01. The number of hydrogen-bond acceptors (Lipinski definition) is 2. The summed E-state index contributed by atoms with van der Waals surface area (Å²) in [5, 5.41) is 7.79. The number of benzene rings is 1. The Kier molecular flexibility index (Phi) is 2.88. The molecule has 1 fully saturated rings. The van der Waals surface area contributed by atoms with E-state index < -0.39 is 0 Å². The lowest BCUT2D eigenvalue weighted by Crippen LogP contribution is -2.15. The van der Waals surface area contributed by atoms with E-state index in [1.807, 2.05) is 19.2 Å². The maximum atomic E-state index is 13.3. The van der Waals surface area contributed by atoms with Crippen molar-refractivity contribution < 1.29 is 4.39 Å². The molecule has 0 spiro atoms. The first kappa shape index (κ1) is 11.4. The topological polar surface area (TPSA) is 29.9 Å². The molecule has 1 N–H and O–H groups in total. The first-order valence-electron chi connectivity index (χ1n) is 6.26. The van der Waals surface area contributed by atoms with Crippen LogP contribution >= 0.6 is 0 Å². The van der Waals surface area contributed by atoms with Crippen LogP contribution in [-0.4, -0.2) is 22.9 Å². The Balaban J connectivity index is 1.98. The maximum absolute atomic E-state index is 13.3. The van der Waals surface area contributed by atoms with E-state index >= 15 is 0 Å². The van der Waals surface area contributed by atoms with Gasteiger partial charge in [0.05, 0.1) is 12.2 Å². The fourth-order valence-electron chi connectivity index (χ4n) is 2.58. The SMILES string of the molecule is Cc1c(-c2cccc(F)c2)cnn1C1CCNC1. The summed E-state index contributed by atoms with van der Waals surface area (Å²) in [7, 11) is 0. The number of halogens is 1. The summed E-state index contributed by atoms with van der Waals surface area (Å²) in [6.45, 7) is 4.05. The molecule has 1 atom stereocenters. The molecule has 3 rings (SSSR count). The summed E-state index contributed by atoms with van der Waals surface area (Å²) in [4.78, 5) is 0. The molecule has 2 heterocycles. The molecule has 1 aromatic carbocycles. The number of hydrogen-bond donors (Lipinski definition) is 1. The van der Waals surface area contributed by atoms with Gasteiger partial charge in [0, 0.05) is 17.8 Å². The van der Waals surface area contributed by atoms with Crippen LogP contribution in [0.2, 0.25) is 0 Å². The van der Waals surface area contributed by atoms with Crippen LogP contribution in [0.15, 0.2) is 30.5 Å². The molecule has 4 heteroatoms. The molecule has 1 unspecified atom stereocenters. The highest BCUT2D eigenvalue weighted by molar-refractivity contribution is 5.65. The van der Waals surface area contributed by atoms with Crippen molar-refractivity contribution in [2.45, 2.75) is 19.4 Å². The molecule has 3 nitrogen and oxygen atoms in total. The number of nitrogens with zero attached hydrogens (tertiary/aromatic N) is 2. The number of nitrogens with one attached hydrogen (secondary N) is 1. The van der Waals surface area contributed by atoms with Gasteiger partial charge in [0.15, 0.2) is 0 Å². The summed E-state index contributed by atoms with van der Waals surface area (Å²) in [5.74, 6) is -0.206. The van der Waals surface area contributed by atoms with E-state index in [2.05, 4.69) is 15.1 Å². The second-order valence-electron chi connectivity index (χ2n) is 4.75. The van der Waals surface area contributed by atoms with Gasteiger partial charge in [-0.2, -0.15) is 5.10 Å². The molecular weight excluding hydrogens is 229 g/mol. The molecule has 2 aromatic rings. The predicted octanol–water partition coefficient (Wildman–Crippen LogP) is 2.53. The Morgan fingerprint density at radius 3 is 3.06 bits per heavy atom. The third-order valence-electron chi connectivity index (χ3n) is 3.56. The van der Waals surface area contributed by atoms with Crippen molar-refractivity contribution in [2.24, 2.45) is 0 Å². The van der Waals surface area contributed by atoms with Crippen molar-refractivity contribution in [3.05, 3.63) is 42.0 Å². The first-order chi connectivity index (χ1) is 8.75. The van der Waals surface area contributed by atoms with Gasteiger partial charge in [-0.3, -0.25) is 4.68 Å². The third-order valence-corrected chi connectivity index (χ3v) is 3.56. The van der Waals surface area contributed by atoms with E-state index in [9.17, 15) is 4.39 Å². The van der Waals surface area contributed by atoms with Gasteiger partial charge in [0.25, 0.3) is 0 Å². The molecule has 1 aliphatic rings. The average Bonchev–Trinajstić information content (AvgIpc) is 2.97. The van der Waals surface area contributed by atoms with Gasteiger partial charge < -0.3 is 5.32 Å². The lowest BCUT2D eigenvalue weighted by atomic mass is 10.1. The van der Waals surface area contributed by atoms with Gasteiger partial charge in [-0.15, -0.1) is 0 Å². The predicted molar refractivity (Wildman–Crippen MR) is 68.9 cm³/mol. The summed E-state index contributed by atoms with van der Waals surface area (Å²) in [6, 6.07) is 7.10. The van der Waals surface area contributed by atoms with E-state index in [0.29, 0.717) is 6.04 Å². The van der Waals surface area contributed by atoms with E-state index in [0.717, 1.165) is 36.3 Å². The maximum Gasteiger partial charge on any atom is 0.123 e. The smallest absolute Gasteiger partial charge is 0.123 e. The van der Waals surface area contributed by atoms with E-state index in [1.54, 1.807) is 12.1 Å². The quantitative estimate of drug-likeness (QED) is 0.881. The van der Waals surface area contributed by atoms with Crippen molar-refractivity contribution >= 4 is 0 Å². The Hall–Kier alpha value is -1.68. The normalized spacial score (nSPS) is 19.3. The lowest BCUT2D eigenvalue weighted by Gasteiger charge is -2.12. The molecule has 94 valence electrons. The van der Waals surface area contributed by atoms with Crippen LogP contribution in [0.25, 0.3) is 11.1 Å². The van der Waals surface area contributed by atoms with Crippen LogP contribution < -0.4 is 5.32 Å². The van der Waals surface area contributed by atoms with Crippen molar-refractivity contribution in [2.75, 3.05) is 13.1 Å². The Morgan fingerprint density at radius 2 is 2.33 bits per heavy atom. The van der Waals surface area contributed by atoms with E-state index in [1.165, 1.54) is 6.07 Å². The largest absolute Gasteiger partial charge is 0.315 e. The third kappa shape index (κ3) is 1.93. The highest BCUT2D eigenvalue weighted by Crippen LogP contribution is 2.26. The van der Waals surface area contributed by atoms with Crippen LogP contribution in [0.3, 0.4) is 0 Å². The van der Waals surface area contributed by atoms with Crippen molar-refractivity contribution in [3.8, 4) is 11.1 Å². The molecule has 1 aliphatic heterocycles. The lowest BCUT2D eigenvalue weighted by molar-refractivity contribution is 0.480. The van der Waals surface area contributed by atoms with Crippen molar-refractivity contribution in [1.29, 1.82) is 0 Å². The van der Waals surface area contributed by atoms with Crippen LogP contribution in [0.4, 0.5) is 4.39 Å². The molecule has 1 aromatic heterocycles. The Bertz CT molecular complexity index is 556. The van der Waals surface area contributed by atoms with Gasteiger partial charge in [-0.1, -0.05) is 12.1 Å². The molecule has 0 aliphatic carbocycles. The molecule has 0 radical (unpaired) electrons. The zero-order valence-corrected chi connectivity index (χ0v) is 10.4. The van der Waals surface area contributed by atoms with Crippen LogP contribution in [0.1, 0.15) is 18.2 Å². The minimum atomic E-state index is -0.206. The Labute approximate surface area is 106 Å². The average molecular weight is 245 g/mol. The molecular formula is C14H16FN3.